The molecule has 7 nitrogen and oxygen atoms in total. The molecular formula is C36H40N4O3. The van der Waals surface area contributed by atoms with Gasteiger partial charge in [0.15, 0.2) is 0 Å². The third-order valence-corrected chi connectivity index (χ3v) is 11.1. The van der Waals surface area contributed by atoms with Gasteiger partial charge >= 0.3 is 0 Å². The topological polar surface area (TPSA) is 81.8 Å². The number of piperidine rings is 1. The molecular weight excluding hydrogens is 536 g/mol. The zero-order chi connectivity index (χ0) is 29.3. The molecule has 0 spiro atoms. The highest BCUT2D eigenvalue weighted by atomic mass is 16.2. The van der Waals surface area contributed by atoms with E-state index in [9.17, 15) is 14.4 Å². The zero-order valence-electron chi connectivity index (χ0n) is 24.9. The van der Waals surface area contributed by atoms with Gasteiger partial charge in [-0.15, -0.1) is 0 Å². The second-order valence-corrected chi connectivity index (χ2v) is 14.0. The lowest BCUT2D eigenvalue weighted by Gasteiger charge is -2.57. The van der Waals surface area contributed by atoms with Crippen LogP contribution >= 0.6 is 0 Å². The monoisotopic (exact) mass is 576 g/mol. The number of rotatable bonds is 8. The van der Waals surface area contributed by atoms with Crippen molar-refractivity contribution in [1.29, 1.82) is 0 Å². The van der Waals surface area contributed by atoms with Crippen molar-refractivity contribution in [3.05, 3.63) is 71.3 Å². The molecule has 1 atom stereocenters. The average Bonchev–Trinajstić information content (AvgIpc) is 3.26. The van der Waals surface area contributed by atoms with E-state index in [4.69, 9.17) is 0 Å². The van der Waals surface area contributed by atoms with Gasteiger partial charge < -0.3 is 10.2 Å². The fraction of sp³-hybridized carbons (Fsp3) is 0.472. The first-order valence-corrected chi connectivity index (χ1v) is 16.1. The van der Waals surface area contributed by atoms with Crippen molar-refractivity contribution in [1.82, 2.24) is 10.6 Å². The first-order chi connectivity index (χ1) is 20.9. The van der Waals surface area contributed by atoms with Gasteiger partial charge in [0, 0.05) is 42.2 Å². The number of nitrogens with zero attached hydrogens (tertiary/aromatic N) is 2. The molecule has 3 amide bonds. The molecule has 9 rings (SSSR count). The Morgan fingerprint density at radius 1 is 0.930 bits per heavy atom. The standard InChI is InChI=1S/C36H40N4O3/c1-39(27-8-5-22(6-9-27)13-14-37-36-18-23-15-24(19-36)17-25(16-23)20-36)21-26-7-10-30-33-28(26)3-2-4-29(33)35(43)40(30)31-11-12-32(41)38-34(31)42/h2-10,23-25,31,37H,11-21H2,1H3,(H,38,41,42). The molecule has 2 N–H and O–H groups in total. The minimum Gasteiger partial charge on any atom is -0.370 e. The van der Waals surface area contributed by atoms with Crippen molar-refractivity contribution in [3.63, 3.8) is 0 Å². The Bertz CT molecular complexity index is 1590. The number of amides is 3. The SMILES string of the molecule is CN(Cc1ccc2c3c(cccc13)C(=O)N2C1CCC(=O)NC1=O)c1ccc(CCNC23CC4CC(CC(C4)C2)C3)cc1. The summed E-state index contributed by atoms with van der Waals surface area (Å²) in [6.07, 6.45) is 10.2. The maximum absolute atomic E-state index is 13.5. The number of nitrogens with one attached hydrogen (secondary N) is 2. The van der Waals surface area contributed by atoms with Gasteiger partial charge in [-0.3, -0.25) is 24.6 Å². The minimum atomic E-state index is -0.671. The summed E-state index contributed by atoms with van der Waals surface area (Å²) >= 11 is 0. The maximum atomic E-state index is 13.5. The van der Waals surface area contributed by atoms with Crippen molar-refractivity contribution in [2.45, 2.75) is 75.9 Å². The number of anilines is 2. The molecule has 2 heterocycles. The Morgan fingerprint density at radius 2 is 1.65 bits per heavy atom. The van der Waals surface area contributed by atoms with E-state index in [1.807, 2.05) is 18.2 Å². The normalized spacial score (nSPS) is 29.0. The van der Waals surface area contributed by atoms with Gasteiger partial charge in [-0.25, -0.2) is 0 Å². The fourth-order valence-electron chi connectivity index (χ4n) is 9.51. The second-order valence-electron chi connectivity index (χ2n) is 14.0. The van der Waals surface area contributed by atoms with Gasteiger partial charge in [0.25, 0.3) is 5.91 Å². The first kappa shape index (κ1) is 26.9. The summed E-state index contributed by atoms with van der Waals surface area (Å²) in [5.41, 5.74) is 5.44. The highest BCUT2D eigenvalue weighted by Gasteiger charge is 2.50. The zero-order valence-corrected chi connectivity index (χ0v) is 24.9. The number of carbonyl (C=O) groups is 3. The lowest BCUT2D eigenvalue weighted by molar-refractivity contribution is -0.134. The smallest absolute Gasteiger partial charge is 0.259 e. The van der Waals surface area contributed by atoms with Crippen molar-refractivity contribution in [3.8, 4) is 0 Å². The van der Waals surface area contributed by atoms with Crippen LogP contribution in [0.25, 0.3) is 10.8 Å². The molecule has 222 valence electrons. The van der Waals surface area contributed by atoms with Crippen LogP contribution in [0.3, 0.4) is 0 Å². The summed E-state index contributed by atoms with van der Waals surface area (Å²) in [7, 11) is 2.10. The van der Waals surface area contributed by atoms with E-state index in [0.29, 0.717) is 24.1 Å². The van der Waals surface area contributed by atoms with Crippen LogP contribution in [0.1, 0.15) is 72.9 Å². The van der Waals surface area contributed by atoms with Gasteiger partial charge in [0.1, 0.15) is 6.04 Å². The highest BCUT2D eigenvalue weighted by molar-refractivity contribution is 6.27. The molecule has 3 aromatic rings. The fourth-order valence-corrected chi connectivity index (χ4v) is 9.51. The van der Waals surface area contributed by atoms with E-state index in [1.165, 1.54) is 44.1 Å². The molecule has 4 saturated carbocycles. The number of hydrogen-bond donors (Lipinski definition) is 2. The van der Waals surface area contributed by atoms with Crippen molar-refractivity contribution >= 4 is 39.9 Å². The Labute approximate surface area is 253 Å². The first-order valence-electron chi connectivity index (χ1n) is 16.1. The van der Waals surface area contributed by atoms with Crippen LogP contribution in [0.4, 0.5) is 11.4 Å². The van der Waals surface area contributed by atoms with Crippen LogP contribution in [0.15, 0.2) is 54.6 Å². The highest BCUT2D eigenvalue weighted by Crippen LogP contribution is 2.55. The molecule has 1 unspecified atom stereocenters. The molecule has 5 fully saturated rings. The molecule has 0 aromatic heterocycles. The van der Waals surface area contributed by atoms with Crippen LogP contribution in [0, 0.1) is 17.8 Å². The van der Waals surface area contributed by atoms with Gasteiger partial charge in [-0.2, -0.15) is 0 Å². The van der Waals surface area contributed by atoms with E-state index >= 15 is 0 Å². The van der Waals surface area contributed by atoms with Crippen LogP contribution in [-0.4, -0.2) is 42.9 Å². The van der Waals surface area contributed by atoms with Crippen molar-refractivity contribution < 1.29 is 14.4 Å². The Hall–Kier alpha value is -3.71. The lowest BCUT2D eigenvalue weighted by atomic mass is 9.53. The number of carbonyl (C=O) groups excluding carboxylic acids is 3. The quantitative estimate of drug-likeness (QED) is 0.354. The summed E-state index contributed by atoms with van der Waals surface area (Å²) in [6, 6.07) is 18.1. The third-order valence-electron chi connectivity index (χ3n) is 11.1. The molecule has 0 radical (unpaired) electrons. The van der Waals surface area contributed by atoms with E-state index < -0.39 is 11.9 Å². The van der Waals surface area contributed by atoms with E-state index in [0.717, 1.165) is 58.4 Å². The van der Waals surface area contributed by atoms with Gasteiger partial charge in [0.05, 0.1) is 5.69 Å². The third kappa shape index (κ3) is 4.64. The predicted molar refractivity (Wildman–Crippen MR) is 168 cm³/mol. The number of imide groups is 1. The summed E-state index contributed by atoms with van der Waals surface area (Å²) in [6.45, 7) is 1.75. The Kier molecular flexibility index (Phi) is 6.37. The van der Waals surface area contributed by atoms with Crippen LogP contribution in [0.5, 0.6) is 0 Å². The summed E-state index contributed by atoms with van der Waals surface area (Å²) in [4.78, 5) is 41.7. The summed E-state index contributed by atoms with van der Waals surface area (Å²) in [5, 5.41) is 8.35. The second kappa shape index (κ2) is 10.2. The van der Waals surface area contributed by atoms with Gasteiger partial charge in [0.2, 0.25) is 11.8 Å². The van der Waals surface area contributed by atoms with E-state index in [2.05, 4.69) is 59.0 Å². The average molecular weight is 577 g/mol. The summed E-state index contributed by atoms with van der Waals surface area (Å²) < 4.78 is 0. The molecule has 6 aliphatic rings. The molecule has 7 heteroatoms. The molecule has 1 saturated heterocycles. The van der Waals surface area contributed by atoms with Crippen LogP contribution < -0.4 is 20.4 Å². The lowest BCUT2D eigenvalue weighted by Crippen LogP contribution is -2.58. The Balaban J connectivity index is 0.949. The summed E-state index contributed by atoms with van der Waals surface area (Å²) in [5.74, 6) is 2.05. The predicted octanol–water partition coefficient (Wildman–Crippen LogP) is 5.34. The van der Waals surface area contributed by atoms with Crippen molar-refractivity contribution in [2.24, 2.45) is 17.8 Å². The number of hydrogen-bond acceptors (Lipinski definition) is 5. The minimum absolute atomic E-state index is 0.172. The molecule has 4 bridgehead atoms. The maximum Gasteiger partial charge on any atom is 0.259 e. The molecule has 2 aliphatic heterocycles. The largest absolute Gasteiger partial charge is 0.370 e. The number of benzene rings is 3. The Morgan fingerprint density at radius 3 is 2.35 bits per heavy atom. The van der Waals surface area contributed by atoms with E-state index in [1.54, 1.807) is 4.90 Å². The molecule has 4 aliphatic carbocycles. The molecule has 43 heavy (non-hydrogen) atoms. The van der Waals surface area contributed by atoms with E-state index in [-0.39, 0.29) is 18.2 Å². The van der Waals surface area contributed by atoms with Crippen molar-refractivity contribution in [2.75, 3.05) is 23.4 Å². The van der Waals surface area contributed by atoms with Gasteiger partial charge in [-0.05, 0) is 116 Å². The van der Waals surface area contributed by atoms with Gasteiger partial charge in [-0.1, -0.05) is 30.3 Å². The van der Waals surface area contributed by atoms with Crippen LogP contribution in [0.2, 0.25) is 0 Å². The van der Waals surface area contributed by atoms with Crippen LogP contribution in [-0.2, 0) is 22.6 Å². The molecule has 3 aromatic carbocycles.